The fourth-order valence-corrected chi connectivity index (χ4v) is 3.56. The maximum absolute atomic E-state index is 12.9. The Morgan fingerprint density at radius 3 is 2.27 bits per heavy atom. The lowest BCUT2D eigenvalue weighted by atomic mass is 10.0. The van der Waals surface area contributed by atoms with E-state index in [4.69, 9.17) is 0 Å². The van der Waals surface area contributed by atoms with Crippen LogP contribution in [0.25, 0.3) is 0 Å². The number of carbonyl (C=O) groups is 1. The standard InChI is InChI=1S/C19H21BrOS/c1-5-13-6-8-14(9-7-13)18(21)16-12-15(20)10-11-17(16)22-19(2,3)4/h6-12H,5H2,1-4H3. The first-order chi connectivity index (χ1) is 10.3. The summed E-state index contributed by atoms with van der Waals surface area (Å²) in [6.45, 7) is 8.58. The molecule has 0 bridgehead atoms. The van der Waals surface area contributed by atoms with Gasteiger partial charge in [-0.25, -0.2) is 0 Å². The molecular weight excluding hydrogens is 356 g/mol. The molecule has 2 aromatic carbocycles. The molecule has 0 aromatic heterocycles. The molecule has 0 aliphatic carbocycles. The van der Waals surface area contributed by atoms with Crippen LogP contribution in [0.3, 0.4) is 0 Å². The quantitative estimate of drug-likeness (QED) is 0.471. The lowest BCUT2D eigenvalue weighted by Crippen LogP contribution is -2.10. The van der Waals surface area contributed by atoms with Crippen LogP contribution in [0.5, 0.6) is 0 Å². The normalized spacial score (nSPS) is 11.5. The Labute approximate surface area is 145 Å². The van der Waals surface area contributed by atoms with Crippen LogP contribution < -0.4 is 0 Å². The average molecular weight is 377 g/mol. The second-order valence-electron chi connectivity index (χ2n) is 6.23. The van der Waals surface area contributed by atoms with Gasteiger partial charge in [-0.3, -0.25) is 4.79 Å². The van der Waals surface area contributed by atoms with Gasteiger partial charge in [0.2, 0.25) is 0 Å². The van der Waals surface area contributed by atoms with Gasteiger partial charge in [-0.15, -0.1) is 11.8 Å². The van der Waals surface area contributed by atoms with Crippen molar-refractivity contribution in [2.45, 2.75) is 43.8 Å². The number of aryl methyl sites for hydroxylation is 1. The van der Waals surface area contributed by atoms with E-state index < -0.39 is 0 Å². The Kier molecular flexibility index (Phi) is 5.51. The summed E-state index contributed by atoms with van der Waals surface area (Å²) in [6, 6.07) is 13.8. The predicted octanol–water partition coefficient (Wildman–Crippen LogP) is 6.13. The van der Waals surface area contributed by atoms with Crippen molar-refractivity contribution in [3.63, 3.8) is 0 Å². The number of ketones is 1. The fourth-order valence-electron chi connectivity index (χ4n) is 2.15. The molecule has 3 heteroatoms. The Bertz CT molecular complexity index is 669. The average Bonchev–Trinajstić information content (AvgIpc) is 2.47. The zero-order valence-corrected chi connectivity index (χ0v) is 15.8. The first-order valence-electron chi connectivity index (χ1n) is 7.42. The third-order valence-electron chi connectivity index (χ3n) is 3.23. The highest BCUT2D eigenvalue weighted by molar-refractivity contribution is 9.10. The van der Waals surface area contributed by atoms with E-state index in [-0.39, 0.29) is 10.5 Å². The van der Waals surface area contributed by atoms with Crippen LogP contribution in [0.1, 0.15) is 49.2 Å². The Balaban J connectivity index is 2.40. The van der Waals surface area contributed by atoms with E-state index in [0.717, 1.165) is 26.9 Å². The summed E-state index contributed by atoms with van der Waals surface area (Å²) in [5.74, 6) is 0.0794. The highest BCUT2D eigenvalue weighted by atomic mass is 79.9. The topological polar surface area (TPSA) is 17.1 Å². The van der Waals surface area contributed by atoms with Crippen molar-refractivity contribution in [2.24, 2.45) is 0 Å². The molecule has 0 amide bonds. The van der Waals surface area contributed by atoms with Crippen LogP contribution in [-0.4, -0.2) is 10.5 Å². The van der Waals surface area contributed by atoms with Crippen molar-refractivity contribution in [1.29, 1.82) is 0 Å². The van der Waals surface area contributed by atoms with Crippen molar-refractivity contribution in [3.8, 4) is 0 Å². The molecule has 0 heterocycles. The molecular formula is C19H21BrOS. The van der Waals surface area contributed by atoms with Crippen molar-refractivity contribution >= 4 is 33.5 Å². The molecule has 1 nitrogen and oxygen atoms in total. The molecule has 0 saturated carbocycles. The predicted molar refractivity (Wildman–Crippen MR) is 99.0 cm³/mol. The first-order valence-corrected chi connectivity index (χ1v) is 9.03. The van der Waals surface area contributed by atoms with E-state index in [1.165, 1.54) is 5.56 Å². The van der Waals surface area contributed by atoms with E-state index >= 15 is 0 Å². The molecule has 0 saturated heterocycles. The minimum Gasteiger partial charge on any atom is -0.289 e. The third-order valence-corrected chi connectivity index (χ3v) is 4.91. The molecule has 22 heavy (non-hydrogen) atoms. The summed E-state index contributed by atoms with van der Waals surface area (Å²) in [5, 5.41) is 0. The van der Waals surface area contributed by atoms with E-state index in [1.54, 1.807) is 11.8 Å². The summed E-state index contributed by atoms with van der Waals surface area (Å²) < 4.78 is 0.994. The van der Waals surface area contributed by atoms with Crippen LogP contribution in [0.15, 0.2) is 51.8 Å². The molecule has 0 aliphatic heterocycles. The van der Waals surface area contributed by atoms with Crippen LogP contribution >= 0.6 is 27.7 Å². The number of hydrogen-bond donors (Lipinski definition) is 0. The molecule has 0 aliphatic rings. The van der Waals surface area contributed by atoms with E-state index in [9.17, 15) is 4.79 Å². The SMILES string of the molecule is CCc1ccc(C(=O)c2cc(Br)ccc2SC(C)(C)C)cc1. The van der Waals surface area contributed by atoms with Crippen LogP contribution in [0.4, 0.5) is 0 Å². The summed E-state index contributed by atoms with van der Waals surface area (Å²) in [6.07, 6.45) is 0.983. The van der Waals surface area contributed by atoms with E-state index in [2.05, 4.69) is 43.6 Å². The molecule has 2 rings (SSSR count). The van der Waals surface area contributed by atoms with Crippen molar-refractivity contribution in [1.82, 2.24) is 0 Å². The zero-order chi connectivity index (χ0) is 16.3. The van der Waals surface area contributed by atoms with Crippen molar-refractivity contribution in [3.05, 3.63) is 63.6 Å². The van der Waals surface area contributed by atoms with Gasteiger partial charge in [-0.05, 0) is 30.2 Å². The summed E-state index contributed by atoms with van der Waals surface area (Å²) >= 11 is 5.20. The second-order valence-corrected chi connectivity index (χ2v) is 9.02. The Morgan fingerprint density at radius 1 is 1.09 bits per heavy atom. The van der Waals surface area contributed by atoms with Gasteiger partial charge in [-0.2, -0.15) is 0 Å². The fraction of sp³-hybridized carbons (Fsp3) is 0.316. The molecule has 0 unspecified atom stereocenters. The third kappa shape index (κ3) is 4.47. The minimum atomic E-state index is 0.0644. The smallest absolute Gasteiger partial charge is 0.194 e. The monoisotopic (exact) mass is 376 g/mol. The molecule has 0 radical (unpaired) electrons. The second kappa shape index (κ2) is 7.01. The van der Waals surface area contributed by atoms with Crippen LogP contribution in [0, 0.1) is 0 Å². The molecule has 0 spiro atoms. The largest absolute Gasteiger partial charge is 0.289 e. The van der Waals surface area contributed by atoms with Gasteiger partial charge in [0.15, 0.2) is 5.78 Å². The molecule has 0 atom stereocenters. The number of carbonyl (C=O) groups excluding carboxylic acids is 1. The number of hydrogen-bond acceptors (Lipinski definition) is 2. The molecule has 0 fully saturated rings. The van der Waals surface area contributed by atoms with Crippen LogP contribution in [0.2, 0.25) is 0 Å². The van der Waals surface area contributed by atoms with Crippen molar-refractivity contribution in [2.75, 3.05) is 0 Å². The van der Waals surface area contributed by atoms with Crippen molar-refractivity contribution < 1.29 is 4.79 Å². The highest BCUT2D eigenvalue weighted by Gasteiger charge is 2.19. The van der Waals surface area contributed by atoms with E-state index in [1.807, 2.05) is 42.5 Å². The van der Waals surface area contributed by atoms with E-state index in [0.29, 0.717) is 0 Å². The first kappa shape index (κ1) is 17.3. The molecule has 2 aromatic rings. The lowest BCUT2D eigenvalue weighted by molar-refractivity contribution is 0.103. The molecule has 0 N–H and O–H groups in total. The highest BCUT2D eigenvalue weighted by Crippen LogP contribution is 2.36. The van der Waals surface area contributed by atoms with Gasteiger partial charge in [0.05, 0.1) is 0 Å². The molecule has 116 valence electrons. The van der Waals surface area contributed by atoms with Gasteiger partial charge in [0.1, 0.15) is 0 Å². The summed E-state index contributed by atoms with van der Waals surface area (Å²) in [5.41, 5.74) is 2.75. The lowest BCUT2D eigenvalue weighted by Gasteiger charge is -2.19. The number of halogens is 1. The maximum Gasteiger partial charge on any atom is 0.194 e. The van der Waals surface area contributed by atoms with Gasteiger partial charge < -0.3 is 0 Å². The van der Waals surface area contributed by atoms with Gasteiger partial charge in [-0.1, -0.05) is 67.9 Å². The number of rotatable bonds is 4. The van der Waals surface area contributed by atoms with Crippen LogP contribution in [-0.2, 0) is 6.42 Å². The Hall–Kier alpha value is -1.06. The van der Waals surface area contributed by atoms with Gasteiger partial charge in [0, 0.05) is 25.2 Å². The van der Waals surface area contributed by atoms with Gasteiger partial charge in [0.25, 0.3) is 0 Å². The number of thioether (sulfide) groups is 1. The van der Waals surface area contributed by atoms with Gasteiger partial charge >= 0.3 is 0 Å². The summed E-state index contributed by atoms with van der Waals surface area (Å²) in [4.78, 5) is 13.9. The zero-order valence-electron chi connectivity index (χ0n) is 13.4. The summed E-state index contributed by atoms with van der Waals surface area (Å²) in [7, 11) is 0. The number of benzene rings is 2. The maximum atomic E-state index is 12.9. The minimum absolute atomic E-state index is 0.0644. The Morgan fingerprint density at radius 2 is 1.73 bits per heavy atom.